The predicted octanol–water partition coefficient (Wildman–Crippen LogP) is 2.10. The van der Waals surface area contributed by atoms with Gasteiger partial charge in [-0.15, -0.1) is 0 Å². The van der Waals surface area contributed by atoms with Gasteiger partial charge < -0.3 is 0 Å². The molecule has 0 saturated carbocycles. The monoisotopic (exact) mass is 446 g/mol. The summed E-state index contributed by atoms with van der Waals surface area (Å²) < 4.78 is 26.5. The van der Waals surface area contributed by atoms with E-state index in [9.17, 15) is 28.1 Å². The summed E-state index contributed by atoms with van der Waals surface area (Å²) in [5.41, 5.74) is 4.42. The van der Waals surface area contributed by atoms with Crippen molar-refractivity contribution < 1.29 is 22.9 Å². The Kier molecular flexibility index (Phi) is 8.00. The van der Waals surface area contributed by atoms with Crippen LogP contribution in [0, 0.1) is 10.1 Å². The van der Waals surface area contributed by atoms with Gasteiger partial charge in [-0.05, 0) is 30.3 Å². The second-order valence-electron chi connectivity index (χ2n) is 6.21. The van der Waals surface area contributed by atoms with Crippen molar-refractivity contribution in [2.75, 3.05) is 13.1 Å². The van der Waals surface area contributed by atoms with Gasteiger partial charge in [0.1, 0.15) is 0 Å². The highest BCUT2D eigenvalue weighted by atomic mass is 32.2. The topological polar surface area (TPSA) is 139 Å². The number of carbonyl (C=O) groups is 2. The Bertz CT molecular complexity index is 1110. The number of nitrogens with one attached hydrogen (secondary N) is 2. The van der Waals surface area contributed by atoms with Crippen molar-refractivity contribution in [2.45, 2.75) is 18.7 Å². The van der Waals surface area contributed by atoms with Crippen molar-refractivity contribution in [3.8, 4) is 0 Å². The average molecular weight is 446 g/mol. The van der Waals surface area contributed by atoms with E-state index in [4.69, 9.17) is 0 Å². The minimum atomic E-state index is -3.74. The summed E-state index contributed by atoms with van der Waals surface area (Å²) in [5.74, 6) is -1.44. The Morgan fingerprint density at radius 2 is 1.74 bits per heavy atom. The largest absolute Gasteiger partial charge is 0.276 e. The molecule has 2 aromatic rings. The van der Waals surface area contributed by atoms with Crippen molar-refractivity contribution in [1.29, 1.82) is 0 Å². The molecule has 2 amide bonds. The van der Waals surface area contributed by atoms with E-state index >= 15 is 0 Å². The predicted molar refractivity (Wildman–Crippen MR) is 114 cm³/mol. The lowest BCUT2D eigenvalue weighted by molar-refractivity contribution is -0.385. The van der Waals surface area contributed by atoms with Crippen LogP contribution in [0.4, 0.5) is 5.69 Å². The first kappa shape index (κ1) is 23.7. The molecule has 0 aliphatic rings. The van der Waals surface area contributed by atoms with Crippen LogP contribution in [0.15, 0.2) is 59.5 Å². The van der Waals surface area contributed by atoms with Crippen LogP contribution >= 0.6 is 0 Å². The second-order valence-corrected chi connectivity index (χ2v) is 8.15. The minimum absolute atomic E-state index is 0.0357. The molecule has 0 heterocycles. The van der Waals surface area contributed by atoms with Crippen molar-refractivity contribution in [3.63, 3.8) is 0 Å². The lowest BCUT2D eigenvalue weighted by Crippen LogP contribution is -2.40. The van der Waals surface area contributed by atoms with E-state index in [-0.39, 0.29) is 34.8 Å². The maximum absolute atomic E-state index is 12.6. The summed E-state index contributed by atoms with van der Waals surface area (Å²) in [5, 5.41) is 11.0. The van der Waals surface area contributed by atoms with Gasteiger partial charge in [-0.25, -0.2) is 8.42 Å². The highest BCUT2D eigenvalue weighted by Gasteiger charge is 2.22. The van der Waals surface area contributed by atoms with E-state index in [0.29, 0.717) is 0 Å². The fourth-order valence-electron chi connectivity index (χ4n) is 2.70. The van der Waals surface area contributed by atoms with Gasteiger partial charge in [0.25, 0.3) is 17.5 Å². The molecule has 0 fully saturated rings. The molecule has 0 unspecified atom stereocenters. The van der Waals surface area contributed by atoms with E-state index in [1.807, 2.05) is 0 Å². The zero-order valence-electron chi connectivity index (χ0n) is 16.9. The average Bonchev–Trinajstić information content (AvgIpc) is 2.76. The Balaban J connectivity index is 2.07. The molecule has 0 bridgehead atoms. The summed E-state index contributed by atoms with van der Waals surface area (Å²) in [6, 6.07) is 11.3. The molecule has 0 spiro atoms. The molecular weight excluding hydrogens is 424 g/mol. The van der Waals surface area contributed by atoms with Crippen molar-refractivity contribution in [3.05, 3.63) is 75.8 Å². The number of hydrazine groups is 1. The molecule has 0 saturated heterocycles. The van der Waals surface area contributed by atoms with Gasteiger partial charge in [0.05, 0.1) is 15.4 Å². The molecule has 2 N–H and O–H groups in total. The van der Waals surface area contributed by atoms with Gasteiger partial charge in [-0.3, -0.25) is 30.6 Å². The number of hydrogen-bond acceptors (Lipinski definition) is 6. The van der Waals surface area contributed by atoms with Crippen molar-refractivity contribution in [2.24, 2.45) is 0 Å². The molecule has 31 heavy (non-hydrogen) atoms. The number of nitrogens with zero attached hydrogens (tertiary/aromatic N) is 2. The number of sulfonamides is 1. The maximum atomic E-state index is 12.6. The fraction of sp³-hybridized carbons (Fsp3) is 0.200. The third kappa shape index (κ3) is 5.96. The van der Waals surface area contributed by atoms with Gasteiger partial charge in [0.15, 0.2) is 0 Å². The van der Waals surface area contributed by atoms with E-state index < -0.39 is 26.8 Å². The number of nitro benzene ring substituents is 1. The molecular formula is C20H22N4O6S. The molecule has 0 aliphatic heterocycles. The van der Waals surface area contributed by atoms with Crippen LogP contribution in [0.3, 0.4) is 0 Å². The van der Waals surface area contributed by atoms with Gasteiger partial charge in [-0.2, -0.15) is 4.31 Å². The third-order valence-electron chi connectivity index (χ3n) is 4.29. The minimum Gasteiger partial charge on any atom is -0.268 e. The highest BCUT2D eigenvalue weighted by molar-refractivity contribution is 7.89. The number of carbonyl (C=O) groups excluding carboxylic acids is 2. The smallest absolute Gasteiger partial charge is 0.268 e. The van der Waals surface area contributed by atoms with Gasteiger partial charge in [0.2, 0.25) is 10.0 Å². The van der Waals surface area contributed by atoms with Gasteiger partial charge in [-0.1, -0.05) is 32.0 Å². The quantitative estimate of drug-likeness (QED) is 0.362. The van der Waals surface area contributed by atoms with Crippen LogP contribution in [0.1, 0.15) is 29.8 Å². The number of amides is 2. The van der Waals surface area contributed by atoms with Crippen LogP contribution < -0.4 is 10.9 Å². The zero-order chi connectivity index (χ0) is 23.0. The highest BCUT2D eigenvalue weighted by Crippen LogP contribution is 2.19. The molecule has 10 nitrogen and oxygen atoms in total. The SMILES string of the molecule is CCN(CC)S(=O)(=O)c1cccc(C(=O)NNC(=O)/C=C/c2ccccc2[N+](=O)[O-])c1. The Morgan fingerprint density at radius 3 is 2.39 bits per heavy atom. The molecule has 164 valence electrons. The summed E-state index contributed by atoms with van der Waals surface area (Å²) in [4.78, 5) is 34.6. The normalized spacial score (nSPS) is 11.5. The summed E-state index contributed by atoms with van der Waals surface area (Å²) >= 11 is 0. The first-order valence-corrected chi connectivity index (χ1v) is 10.8. The van der Waals surface area contributed by atoms with E-state index in [1.165, 1.54) is 52.8 Å². The molecule has 0 aromatic heterocycles. The van der Waals surface area contributed by atoms with Gasteiger partial charge >= 0.3 is 0 Å². The maximum Gasteiger partial charge on any atom is 0.276 e. The van der Waals surface area contributed by atoms with Crippen molar-refractivity contribution in [1.82, 2.24) is 15.2 Å². The molecule has 11 heteroatoms. The number of para-hydroxylation sites is 1. The number of nitro groups is 1. The first-order valence-electron chi connectivity index (χ1n) is 9.32. The first-order chi connectivity index (χ1) is 14.7. The summed E-state index contributed by atoms with van der Waals surface area (Å²) in [6.45, 7) is 4.00. The van der Waals surface area contributed by atoms with Crippen LogP contribution in [0.5, 0.6) is 0 Å². The number of benzene rings is 2. The summed E-state index contributed by atoms with van der Waals surface area (Å²) in [6.07, 6.45) is 2.28. The summed E-state index contributed by atoms with van der Waals surface area (Å²) in [7, 11) is -3.74. The van der Waals surface area contributed by atoms with Gasteiger partial charge in [0, 0.05) is 30.8 Å². The van der Waals surface area contributed by atoms with Crippen LogP contribution in [-0.2, 0) is 14.8 Å². The van der Waals surface area contributed by atoms with E-state index in [0.717, 1.165) is 6.08 Å². The second kappa shape index (κ2) is 10.5. The third-order valence-corrected chi connectivity index (χ3v) is 6.33. The molecule has 2 aromatic carbocycles. The fourth-order valence-corrected chi connectivity index (χ4v) is 4.21. The van der Waals surface area contributed by atoms with Crippen molar-refractivity contribution >= 4 is 33.6 Å². The lowest BCUT2D eigenvalue weighted by Gasteiger charge is -2.18. The Morgan fingerprint density at radius 1 is 1.06 bits per heavy atom. The van der Waals surface area contributed by atoms with Crippen LogP contribution in [-0.4, -0.2) is 42.6 Å². The Labute approximate surface area is 179 Å². The van der Waals surface area contributed by atoms with E-state index in [2.05, 4.69) is 10.9 Å². The molecule has 2 rings (SSSR count). The molecule has 0 atom stereocenters. The molecule has 0 radical (unpaired) electrons. The number of rotatable bonds is 8. The van der Waals surface area contributed by atoms with Crippen LogP contribution in [0.25, 0.3) is 6.08 Å². The molecule has 0 aliphatic carbocycles. The standard InChI is InChI=1S/C20H22N4O6S/c1-3-23(4-2)31(29,30)17-10-7-9-16(14-17)20(26)22-21-19(25)13-12-15-8-5-6-11-18(15)24(27)28/h5-14H,3-4H2,1-2H3,(H,21,25)(H,22,26)/b13-12+. The van der Waals surface area contributed by atoms with Crippen LogP contribution in [0.2, 0.25) is 0 Å². The van der Waals surface area contributed by atoms with E-state index in [1.54, 1.807) is 19.9 Å². The number of hydrogen-bond donors (Lipinski definition) is 2. The lowest BCUT2D eigenvalue weighted by atomic mass is 10.1. The zero-order valence-corrected chi connectivity index (χ0v) is 17.8. The Hall–Kier alpha value is -3.57.